The first-order valence-corrected chi connectivity index (χ1v) is 5.55. The maximum absolute atomic E-state index is 10.4. The van der Waals surface area contributed by atoms with Crippen molar-refractivity contribution in [2.75, 3.05) is 27.2 Å². The Bertz CT molecular complexity index is 280. The molecule has 0 unspecified atom stereocenters. The monoisotopic (exact) mass is 223 g/mol. The molecule has 1 aromatic carbocycles. The number of rotatable bonds is 5. The van der Waals surface area contributed by atoms with Gasteiger partial charge in [0, 0.05) is 12.1 Å². The molecule has 0 aromatic heterocycles. The number of likely N-dealkylation sites (N-methyl/N-ethyl adjacent to an activating group) is 1. The molecule has 0 radical (unpaired) electrons. The third-order valence-corrected chi connectivity index (χ3v) is 1.82. The van der Waals surface area contributed by atoms with Gasteiger partial charge in [-0.1, -0.05) is 13.8 Å². The van der Waals surface area contributed by atoms with E-state index in [1.54, 1.807) is 24.3 Å². The molecule has 0 fully saturated rings. The van der Waals surface area contributed by atoms with E-state index in [0.29, 0.717) is 12.2 Å². The molecule has 3 heteroatoms. The zero-order valence-corrected chi connectivity index (χ0v) is 10.6. The van der Waals surface area contributed by atoms with Gasteiger partial charge in [0.2, 0.25) is 0 Å². The SMILES string of the molecule is CC.CN(C)CCOc1ccc(C=O)cc1. The van der Waals surface area contributed by atoms with Crippen LogP contribution in [0.3, 0.4) is 0 Å². The van der Waals surface area contributed by atoms with E-state index in [1.165, 1.54) is 0 Å². The number of hydrogen-bond donors (Lipinski definition) is 0. The minimum absolute atomic E-state index is 0.660. The lowest BCUT2D eigenvalue weighted by atomic mass is 10.2. The number of nitrogens with zero attached hydrogens (tertiary/aromatic N) is 1. The molecule has 16 heavy (non-hydrogen) atoms. The molecular formula is C13H21NO2. The fraction of sp³-hybridized carbons (Fsp3) is 0.462. The highest BCUT2D eigenvalue weighted by Crippen LogP contribution is 2.10. The molecule has 0 amide bonds. The Morgan fingerprint density at radius 2 is 1.75 bits per heavy atom. The van der Waals surface area contributed by atoms with E-state index >= 15 is 0 Å². The molecule has 0 bridgehead atoms. The molecule has 0 spiro atoms. The van der Waals surface area contributed by atoms with E-state index in [1.807, 2.05) is 27.9 Å². The number of benzene rings is 1. The Morgan fingerprint density at radius 3 is 2.19 bits per heavy atom. The van der Waals surface area contributed by atoms with Gasteiger partial charge < -0.3 is 9.64 Å². The molecule has 0 saturated heterocycles. The molecule has 0 N–H and O–H groups in total. The van der Waals surface area contributed by atoms with Gasteiger partial charge in [0.25, 0.3) is 0 Å². The standard InChI is InChI=1S/C11H15NO2.C2H6/c1-12(2)7-8-14-11-5-3-10(9-13)4-6-11;1-2/h3-6,9H,7-8H2,1-2H3;1-2H3. The zero-order valence-electron chi connectivity index (χ0n) is 10.6. The van der Waals surface area contributed by atoms with Crippen molar-refractivity contribution in [1.29, 1.82) is 0 Å². The maximum atomic E-state index is 10.4. The minimum atomic E-state index is 0.660. The summed E-state index contributed by atoms with van der Waals surface area (Å²) in [6.07, 6.45) is 0.823. The van der Waals surface area contributed by atoms with Gasteiger partial charge in [-0.15, -0.1) is 0 Å². The van der Waals surface area contributed by atoms with Crippen LogP contribution in [-0.2, 0) is 0 Å². The summed E-state index contributed by atoms with van der Waals surface area (Å²) in [5.74, 6) is 0.803. The van der Waals surface area contributed by atoms with Crippen LogP contribution >= 0.6 is 0 Å². The lowest BCUT2D eigenvalue weighted by molar-refractivity contribution is 0.112. The molecule has 3 nitrogen and oxygen atoms in total. The van der Waals surface area contributed by atoms with Crippen LogP contribution in [0.1, 0.15) is 24.2 Å². The second kappa shape index (κ2) is 8.92. The summed E-state index contributed by atoms with van der Waals surface area (Å²) in [6, 6.07) is 7.11. The van der Waals surface area contributed by atoms with E-state index in [-0.39, 0.29) is 0 Å². The van der Waals surface area contributed by atoms with Crippen LogP contribution in [0.2, 0.25) is 0 Å². The summed E-state index contributed by atoms with van der Waals surface area (Å²) in [6.45, 7) is 5.54. The Labute approximate surface area is 98.0 Å². The van der Waals surface area contributed by atoms with Crippen molar-refractivity contribution < 1.29 is 9.53 Å². The van der Waals surface area contributed by atoms with Gasteiger partial charge in [-0.05, 0) is 38.4 Å². The summed E-state index contributed by atoms with van der Waals surface area (Å²) in [7, 11) is 4.00. The second-order valence-electron chi connectivity index (χ2n) is 3.34. The number of hydrogen-bond acceptors (Lipinski definition) is 3. The van der Waals surface area contributed by atoms with Crippen LogP contribution in [0.25, 0.3) is 0 Å². The summed E-state index contributed by atoms with van der Waals surface area (Å²) in [5.41, 5.74) is 0.671. The van der Waals surface area contributed by atoms with Crippen molar-refractivity contribution in [3.63, 3.8) is 0 Å². The van der Waals surface area contributed by atoms with Crippen LogP contribution in [0, 0.1) is 0 Å². The molecule has 0 aliphatic carbocycles. The zero-order chi connectivity index (χ0) is 12.4. The van der Waals surface area contributed by atoms with Gasteiger partial charge in [-0.2, -0.15) is 0 Å². The quantitative estimate of drug-likeness (QED) is 0.718. The fourth-order valence-corrected chi connectivity index (χ4v) is 0.989. The third kappa shape index (κ3) is 6.19. The van der Waals surface area contributed by atoms with E-state index in [2.05, 4.69) is 4.90 Å². The minimum Gasteiger partial charge on any atom is -0.492 e. The van der Waals surface area contributed by atoms with Gasteiger partial charge in [0.05, 0.1) is 0 Å². The third-order valence-electron chi connectivity index (χ3n) is 1.82. The van der Waals surface area contributed by atoms with Gasteiger partial charge in [0.15, 0.2) is 0 Å². The Hall–Kier alpha value is -1.35. The van der Waals surface area contributed by atoms with Gasteiger partial charge in [-0.3, -0.25) is 4.79 Å². The maximum Gasteiger partial charge on any atom is 0.150 e. The fourth-order valence-electron chi connectivity index (χ4n) is 0.989. The predicted octanol–water partition coefficient (Wildman–Crippen LogP) is 2.47. The van der Waals surface area contributed by atoms with E-state index < -0.39 is 0 Å². The normalized spacial score (nSPS) is 9.31. The molecule has 0 aliphatic heterocycles. The van der Waals surface area contributed by atoms with Crippen LogP contribution < -0.4 is 4.74 Å². The van der Waals surface area contributed by atoms with Crippen LogP contribution in [0.4, 0.5) is 0 Å². The van der Waals surface area contributed by atoms with E-state index in [0.717, 1.165) is 18.6 Å². The average Bonchev–Trinajstić information content (AvgIpc) is 2.32. The first kappa shape index (κ1) is 14.6. The van der Waals surface area contributed by atoms with Crippen molar-refractivity contribution in [3.8, 4) is 5.75 Å². The molecule has 0 saturated carbocycles. The summed E-state index contributed by atoms with van der Waals surface area (Å²) in [4.78, 5) is 12.4. The summed E-state index contributed by atoms with van der Waals surface area (Å²) >= 11 is 0. The Morgan fingerprint density at radius 1 is 1.19 bits per heavy atom. The molecule has 0 heterocycles. The Kier molecular flexibility index (Phi) is 8.17. The number of carbonyl (C=O) groups excluding carboxylic acids is 1. The predicted molar refractivity (Wildman–Crippen MR) is 67.2 cm³/mol. The van der Waals surface area contributed by atoms with E-state index in [4.69, 9.17) is 4.74 Å². The molecule has 1 rings (SSSR count). The first-order chi connectivity index (χ1) is 7.72. The highest BCUT2D eigenvalue weighted by atomic mass is 16.5. The van der Waals surface area contributed by atoms with Crippen molar-refractivity contribution in [2.45, 2.75) is 13.8 Å². The molecule has 0 atom stereocenters. The lowest BCUT2D eigenvalue weighted by Gasteiger charge is -2.10. The second-order valence-corrected chi connectivity index (χ2v) is 3.34. The van der Waals surface area contributed by atoms with Gasteiger partial charge in [-0.25, -0.2) is 0 Å². The van der Waals surface area contributed by atoms with E-state index in [9.17, 15) is 4.79 Å². The van der Waals surface area contributed by atoms with Crippen molar-refractivity contribution >= 4 is 6.29 Å². The highest BCUT2D eigenvalue weighted by Gasteiger charge is 1.95. The first-order valence-electron chi connectivity index (χ1n) is 5.55. The van der Waals surface area contributed by atoms with Crippen LogP contribution in [0.5, 0.6) is 5.75 Å². The topological polar surface area (TPSA) is 29.5 Å². The number of aldehydes is 1. The Balaban J connectivity index is 0.00000106. The number of ether oxygens (including phenoxy) is 1. The van der Waals surface area contributed by atoms with Crippen molar-refractivity contribution in [3.05, 3.63) is 29.8 Å². The summed E-state index contributed by atoms with van der Waals surface area (Å²) < 4.78 is 5.46. The van der Waals surface area contributed by atoms with Gasteiger partial charge in [0.1, 0.15) is 18.6 Å². The molecule has 0 aliphatic rings. The van der Waals surface area contributed by atoms with Crippen LogP contribution in [-0.4, -0.2) is 38.4 Å². The lowest BCUT2D eigenvalue weighted by Crippen LogP contribution is -2.19. The van der Waals surface area contributed by atoms with Crippen molar-refractivity contribution in [1.82, 2.24) is 4.90 Å². The smallest absolute Gasteiger partial charge is 0.150 e. The molecular weight excluding hydrogens is 202 g/mol. The van der Waals surface area contributed by atoms with Crippen LogP contribution in [0.15, 0.2) is 24.3 Å². The molecule has 90 valence electrons. The number of carbonyl (C=O) groups is 1. The van der Waals surface area contributed by atoms with Crippen molar-refractivity contribution in [2.24, 2.45) is 0 Å². The highest BCUT2D eigenvalue weighted by molar-refractivity contribution is 5.74. The van der Waals surface area contributed by atoms with Gasteiger partial charge >= 0.3 is 0 Å². The average molecular weight is 223 g/mol. The summed E-state index contributed by atoms with van der Waals surface area (Å²) in [5, 5.41) is 0. The molecule has 1 aromatic rings. The largest absolute Gasteiger partial charge is 0.492 e.